The van der Waals surface area contributed by atoms with Crippen LogP contribution in [0, 0.1) is 11.3 Å². The van der Waals surface area contributed by atoms with Crippen LogP contribution < -0.4 is 11.1 Å². The van der Waals surface area contributed by atoms with Gasteiger partial charge in [0.1, 0.15) is 0 Å². The lowest BCUT2D eigenvalue weighted by Crippen LogP contribution is -2.70. The molecule has 4 nitrogen and oxygen atoms in total. The largest absolute Gasteiger partial charge is 0.380 e. The number of nitrogens with two attached hydrogens (primary N) is 1. The highest BCUT2D eigenvalue weighted by molar-refractivity contribution is 5.85. The van der Waals surface area contributed by atoms with E-state index in [-0.39, 0.29) is 41.9 Å². The van der Waals surface area contributed by atoms with E-state index in [2.05, 4.69) is 26.1 Å². The average Bonchev–Trinajstić information content (AvgIpc) is 2.41. The molecule has 0 spiro atoms. The third kappa shape index (κ3) is 3.29. The summed E-state index contributed by atoms with van der Waals surface area (Å²) in [5.74, 6) is 0.335. The molecule has 5 heteroatoms. The average molecular weight is 307 g/mol. The Morgan fingerprint density at radius 3 is 2.30 bits per heavy atom. The lowest BCUT2D eigenvalue weighted by atomic mass is 9.53. The summed E-state index contributed by atoms with van der Waals surface area (Å²) in [6, 6.07) is -0.201. The van der Waals surface area contributed by atoms with Crippen molar-refractivity contribution in [3.05, 3.63) is 0 Å². The zero-order chi connectivity index (χ0) is 14.6. The van der Waals surface area contributed by atoms with Crippen LogP contribution in [0.25, 0.3) is 0 Å². The van der Waals surface area contributed by atoms with E-state index in [1.165, 1.54) is 0 Å². The number of nitrogens with one attached hydrogen (secondary N) is 1. The normalized spacial score (nSPS) is 29.0. The van der Waals surface area contributed by atoms with Crippen molar-refractivity contribution < 1.29 is 9.53 Å². The van der Waals surface area contributed by atoms with Crippen LogP contribution in [-0.2, 0) is 9.53 Å². The molecule has 0 aromatic carbocycles. The lowest BCUT2D eigenvalue weighted by molar-refractivity contribution is -0.172. The van der Waals surface area contributed by atoms with Crippen LogP contribution in [0.4, 0.5) is 0 Å². The van der Waals surface area contributed by atoms with Crippen LogP contribution in [0.3, 0.4) is 0 Å². The third-order valence-corrected chi connectivity index (χ3v) is 4.99. The van der Waals surface area contributed by atoms with Gasteiger partial charge in [0, 0.05) is 24.5 Å². The number of ether oxygens (including phenoxy) is 1. The maximum absolute atomic E-state index is 12.1. The molecule has 3 N–H and O–H groups in total. The van der Waals surface area contributed by atoms with Crippen molar-refractivity contribution in [1.82, 2.24) is 5.32 Å². The molecular formula is C15H31ClN2O2. The fraction of sp³-hybridized carbons (Fsp3) is 0.933. The fourth-order valence-corrected chi connectivity index (χ4v) is 3.80. The number of halogens is 1. The standard InChI is InChI=1S/C15H30N2O2.ClH/c1-6-9-11(16)14(18)17-12-10(4)13(19-5)15(12,7-2)8-3;/h10-13H,6-9,16H2,1-5H3,(H,17,18);1H. The van der Waals surface area contributed by atoms with Crippen molar-refractivity contribution >= 4 is 18.3 Å². The number of hydrogen-bond acceptors (Lipinski definition) is 3. The van der Waals surface area contributed by atoms with Crippen molar-refractivity contribution in [2.24, 2.45) is 17.1 Å². The van der Waals surface area contributed by atoms with Crippen molar-refractivity contribution in [3.8, 4) is 0 Å². The SMILES string of the molecule is CCCC(N)C(=O)NC1C(C)C(OC)C1(CC)CC.Cl. The molecule has 1 fully saturated rings. The van der Waals surface area contributed by atoms with Gasteiger partial charge in [0.2, 0.25) is 5.91 Å². The summed E-state index contributed by atoms with van der Waals surface area (Å²) in [7, 11) is 1.77. The number of rotatable bonds is 7. The predicted octanol–water partition coefficient (Wildman–Crippen LogP) is 2.49. The van der Waals surface area contributed by atoms with Gasteiger partial charge in [0.15, 0.2) is 0 Å². The van der Waals surface area contributed by atoms with Gasteiger partial charge in [-0.1, -0.05) is 34.1 Å². The number of carbonyl (C=O) groups is 1. The number of hydrogen-bond donors (Lipinski definition) is 2. The topological polar surface area (TPSA) is 64.4 Å². The van der Waals surface area contributed by atoms with Crippen molar-refractivity contribution in [3.63, 3.8) is 0 Å². The first-order chi connectivity index (χ1) is 8.98. The van der Waals surface area contributed by atoms with E-state index in [0.29, 0.717) is 5.92 Å². The van der Waals surface area contributed by atoms with Crippen LogP contribution in [0.2, 0.25) is 0 Å². The molecule has 1 saturated carbocycles. The molecule has 1 amide bonds. The summed E-state index contributed by atoms with van der Waals surface area (Å²) in [6.45, 7) is 8.54. The Morgan fingerprint density at radius 2 is 1.90 bits per heavy atom. The summed E-state index contributed by atoms with van der Waals surface area (Å²) in [5, 5.41) is 3.16. The Balaban J connectivity index is 0.00000361. The highest BCUT2D eigenvalue weighted by Crippen LogP contribution is 2.52. The van der Waals surface area contributed by atoms with Gasteiger partial charge in [-0.3, -0.25) is 4.79 Å². The van der Waals surface area contributed by atoms with E-state index in [1.807, 2.05) is 6.92 Å². The summed E-state index contributed by atoms with van der Waals surface area (Å²) < 4.78 is 5.63. The van der Waals surface area contributed by atoms with Crippen molar-refractivity contribution in [2.45, 2.75) is 71.6 Å². The van der Waals surface area contributed by atoms with Crippen molar-refractivity contribution in [1.29, 1.82) is 0 Å². The highest BCUT2D eigenvalue weighted by Gasteiger charge is 2.58. The molecule has 0 bridgehead atoms. The van der Waals surface area contributed by atoms with E-state index in [9.17, 15) is 4.79 Å². The van der Waals surface area contributed by atoms with Gasteiger partial charge >= 0.3 is 0 Å². The summed E-state index contributed by atoms with van der Waals surface area (Å²) in [5.41, 5.74) is 5.96. The minimum absolute atomic E-state index is 0. The van der Waals surface area contributed by atoms with Crippen LogP contribution in [0.5, 0.6) is 0 Å². The Bertz CT molecular complexity index is 308. The first-order valence-corrected chi connectivity index (χ1v) is 7.57. The highest BCUT2D eigenvalue weighted by atomic mass is 35.5. The molecule has 20 heavy (non-hydrogen) atoms. The molecule has 120 valence electrons. The third-order valence-electron chi connectivity index (χ3n) is 4.99. The van der Waals surface area contributed by atoms with Crippen LogP contribution in [0.1, 0.15) is 53.4 Å². The van der Waals surface area contributed by atoms with E-state index < -0.39 is 0 Å². The molecule has 4 unspecified atom stereocenters. The molecule has 1 aliphatic rings. The number of methoxy groups -OCH3 is 1. The Hall–Kier alpha value is -0.320. The second kappa shape index (κ2) is 8.20. The van der Waals surface area contributed by atoms with Gasteiger partial charge < -0.3 is 15.8 Å². The van der Waals surface area contributed by atoms with Gasteiger partial charge in [0.05, 0.1) is 12.1 Å². The van der Waals surface area contributed by atoms with Gasteiger partial charge in [-0.15, -0.1) is 12.4 Å². The molecule has 0 radical (unpaired) electrons. The fourth-order valence-electron chi connectivity index (χ4n) is 3.80. The van der Waals surface area contributed by atoms with E-state index >= 15 is 0 Å². The maximum atomic E-state index is 12.1. The number of carbonyl (C=O) groups excluding carboxylic acids is 1. The van der Waals surface area contributed by atoms with Crippen molar-refractivity contribution in [2.75, 3.05) is 7.11 Å². The Morgan fingerprint density at radius 1 is 1.35 bits per heavy atom. The van der Waals surface area contributed by atoms with E-state index in [4.69, 9.17) is 10.5 Å². The van der Waals surface area contributed by atoms with Gasteiger partial charge in [-0.05, 0) is 19.3 Å². The monoisotopic (exact) mass is 306 g/mol. The smallest absolute Gasteiger partial charge is 0.237 e. The molecule has 1 aliphatic carbocycles. The molecule has 0 aromatic heterocycles. The van der Waals surface area contributed by atoms with Crippen LogP contribution >= 0.6 is 12.4 Å². The van der Waals surface area contributed by atoms with Gasteiger partial charge in [-0.25, -0.2) is 0 Å². The summed E-state index contributed by atoms with van der Waals surface area (Å²) >= 11 is 0. The molecule has 1 rings (SSSR count). The molecular weight excluding hydrogens is 276 g/mol. The van der Waals surface area contributed by atoms with E-state index in [1.54, 1.807) is 7.11 Å². The van der Waals surface area contributed by atoms with Crippen LogP contribution in [-0.4, -0.2) is 31.2 Å². The first kappa shape index (κ1) is 19.7. The maximum Gasteiger partial charge on any atom is 0.237 e. The molecule has 4 atom stereocenters. The van der Waals surface area contributed by atoms with Gasteiger partial charge in [0.25, 0.3) is 0 Å². The minimum Gasteiger partial charge on any atom is -0.380 e. The summed E-state index contributed by atoms with van der Waals surface area (Å²) in [4.78, 5) is 12.1. The van der Waals surface area contributed by atoms with Gasteiger partial charge in [-0.2, -0.15) is 0 Å². The first-order valence-electron chi connectivity index (χ1n) is 7.57. The second-order valence-electron chi connectivity index (χ2n) is 5.84. The summed E-state index contributed by atoms with van der Waals surface area (Å²) in [6.07, 6.45) is 3.93. The number of amides is 1. The quantitative estimate of drug-likeness (QED) is 0.759. The Kier molecular flexibility index (Phi) is 8.07. The zero-order valence-corrected chi connectivity index (χ0v) is 14.3. The predicted molar refractivity (Wildman–Crippen MR) is 85.0 cm³/mol. The molecule has 0 aromatic rings. The Labute approximate surface area is 129 Å². The molecule has 0 heterocycles. The lowest BCUT2D eigenvalue weighted by Gasteiger charge is -2.59. The zero-order valence-electron chi connectivity index (χ0n) is 13.4. The van der Waals surface area contributed by atoms with E-state index in [0.717, 1.165) is 25.7 Å². The second-order valence-corrected chi connectivity index (χ2v) is 5.84. The van der Waals surface area contributed by atoms with Crippen LogP contribution in [0.15, 0.2) is 0 Å². The minimum atomic E-state index is -0.384. The molecule has 0 aliphatic heterocycles. The molecule has 0 saturated heterocycles.